The van der Waals surface area contributed by atoms with Crippen LogP contribution in [0.5, 0.6) is 0 Å². The largest absolute Gasteiger partial charge is 0.369 e. The average Bonchev–Trinajstić information content (AvgIpc) is 3.06. The number of nitrogens with zero attached hydrogens (tertiary/aromatic N) is 1. The highest BCUT2D eigenvalue weighted by Crippen LogP contribution is 2.41. The zero-order valence-electron chi connectivity index (χ0n) is 18.6. The van der Waals surface area contributed by atoms with E-state index < -0.39 is 0 Å². The van der Waals surface area contributed by atoms with Crippen molar-refractivity contribution in [1.82, 2.24) is 4.90 Å². The van der Waals surface area contributed by atoms with E-state index in [-0.39, 0.29) is 6.10 Å². The Morgan fingerprint density at radius 2 is 1.38 bits per heavy atom. The summed E-state index contributed by atoms with van der Waals surface area (Å²) in [5, 5.41) is 0.762. The molecule has 0 spiro atoms. The Morgan fingerprint density at radius 1 is 0.781 bits per heavy atom. The predicted octanol–water partition coefficient (Wildman–Crippen LogP) is 7.28. The van der Waals surface area contributed by atoms with Crippen LogP contribution in [0.2, 0.25) is 5.02 Å². The molecule has 3 aromatic carbocycles. The van der Waals surface area contributed by atoms with Crippen molar-refractivity contribution in [1.29, 1.82) is 0 Å². The fourth-order valence-electron chi connectivity index (χ4n) is 5.68. The number of halogens is 1. The molecule has 3 aromatic rings. The second-order valence-corrected chi connectivity index (χ2v) is 9.82. The highest BCUT2D eigenvalue weighted by Gasteiger charge is 2.40. The minimum Gasteiger partial charge on any atom is -0.369 e. The molecule has 32 heavy (non-hydrogen) atoms. The Hall–Kier alpha value is -2.13. The van der Waals surface area contributed by atoms with E-state index in [9.17, 15) is 0 Å². The lowest BCUT2D eigenvalue weighted by molar-refractivity contribution is 0.0442. The molecule has 2 fully saturated rings. The summed E-state index contributed by atoms with van der Waals surface area (Å²) in [5.74, 6) is 0.765. The summed E-state index contributed by atoms with van der Waals surface area (Å²) in [6, 6.07) is 31.0. The summed E-state index contributed by atoms with van der Waals surface area (Å²) in [6.45, 7) is 1.90. The van der Waals surface area contributed by atoms with Crippen LogP contribution in [0.15, 0.2) is 84.9 Å². The van der Waals surface area contributed by atoms with Crippen molar-refractivity contribution in [3.05, 3.63) is 107 Å². The van der Waals surface area contributed by atoms with E-state index in [1.165, 1.54) is 42.4 Å². The third kappa shape index (κ3) is 5.09. The van der Waals surface area contributed by atoms with Crippen molar-refractivity contribution < 1.29 is 4.74 Å². The van der Waals surface area contributed by atoms with Gasteiger partial charge in [0.15, 0.2) is 0 Å². The molecule has 0 aliphatic carbocycles. The summed E-state index contributed by atoms with van der Waals surface area (Å²) in [5.41, 5.74) is 3.81. The number of hydrogen-bond donors (Lipinski definition) is 0. The van der Waals surface area contributed by atoms with Crippen LogP contribution in [0.4, 0.5) is 0 Å². The van der Waals surface area contributed by atoms with Crippen LogP contribution in [0.3, 0.4) is 0 Å². The Kier molecular flexibility index (Phi) is 6.92. The highest BCUT2D eigenvalue weighted by atomic mass is 35.5. The molecular formula is C29H32ClNO. The highest BCUT2D eigenvalue weighted by molar-refractivity contribution is 6.30. The third-order valence-corrected chi connectivity index (χ3v) is 7.53. The zero-order chi connectivity index (χ0) is 21.8. The van der Waals surface area contributed by atoms with Gasteiger partial charge in [0.1, 0.15) is 6.10 Å². The van der Waals surface area contributed by atoms with Crippen molar-refractivity contribution >= 4 is 11.6 Å². The maximum atomic E-state index is 6.51. The maximum absolute atomic E-state index is 6.51. The fourth-order valence-corrected chi connectivity index (χ4v) is 5.80. The fraction of sp³-hybridized carbons (Fsp3) is 0.379. The van der Waals surface area contributed by atoms with Gasteiger partial charge in [0.05, 0.1) is 0 Å². The van der Waals surface area contributed by atoms with Crippen molar-refractivity contribution in [2.45, 2.75) is 56.8 Å². The second kappa shape index (κ2) is 10.2. The van der Waals surface area contributed by atoms with Gasteiger partial charge in [-0.25, -0.2) is 0 Å². The van der Waals surface area contributed by atoms with Gasteiger partial charge >= 0.3 is 0 Å². The molecule has 0 N–H and O–H groups in total. The molecule has 5 rings (SSSR count). The third-order valence-electron chi connectivity index (χ3n) is 7.28. The van der Waals surface area contributed by atoms with Crippen LogP contribution in [0, 0.1) is 5.92 Å². The molecule has 0 radical (unpaired) electrons. The number of piperidine rings is 1. The van der Waals surface area contributed by atoms with Gasteiger partial charge in [-0.1, -0.05) is 84.4 Å². The standard InChI is InChI=1S/C29H32ClNO/c30-26-13-11-25(12-14-26)29(24-9-5-2-6-10-24)32-18-17-23-19-27-15-16-28(20-23)31(27)21-22-7-3-1-4-8-22/h1-14,23,27-29H,15-21H2/t23?,27-,28+,29?. The molecule has 0 aromatic heterocycles. The van der Waals surface area contributed by atoms with Crippen LogP contribution < -0.4 is 0 Å². The first-order valence-corrected chi connectivity index (χ1v) is 12.4. The molecule has 3 heteroatoms. The molecular weight excluding hydrogens is 414 g/mol. The molecule has 2 nitrogen and oxygen atoms in total. The number of rotatable bonds is 8. The molecule has 2 aliphatic rings. The maximum Gasteiger partial charge on any atom is 0.108 e. The Morgan fingerprint density at radius 3 is 2.03 bits per heavy atom. The first-order chi connectivity index (χ1) is 15.8. The number of hydrogen-bond acceptors (Lipinski definition) is 2. The van der Waals surface area contributed by atoms with E-state index >= 15 is 0 Å². The SMILES string of the molecule is Clc1ccc(C(OCCC2C[C@H]3CC[C@@H](C2)N3Cc2ccccc2)c2ccccc2)cc1. The summed E-state index contributed by atoms with van der Waals surface area (Å²) in [6.07, 6.45) is 6.43. The van der Waals surface area contributed by atoms with Gasteiger partial charge in [-0.05, 0) is 66.8 Å². The van der Waals surface area contributed by atoms with E-state index in [4.69, 9.17) is 16.3 Å². The number of fused-ring (bicyclic) bond motifs is 2. The lowest BCUT2D eigenvalue weighted by Gasteiger charge is -2.39. The molecule has 2 aliphatic heterocycles. The van der Waals surface area contributed by atoms with Gasteiger partial charge in [-0.3, -0.25) is 4.90 Å². The molecule has 2 unspecified atom stereocenters. The van der Waals surface area contributed by atoms with Gasteiger partial charge in [-0.2, -0.15) is 0 Å². The quantitative estimate of drug-likeness (QED) is 0.361. The van der Waals surface area contributed by atoms with Crippen molar-refractivity contribution in [2.24, 2.45) is 5.92 Å². The van der Waals surface area contributed by atoms with E-state index in [0.29, 0.717) is 0 Å². The first kappa shape index (κ1) is 21.7. The molecule has 2 heterocycles. The van der Waals surface area contributed by atoms with Crippen molar-refractivity contribution in [3.63, 3.8) is 0 Å². The summed E-state index contributed by atoms with van der Waals surface area (Å²) < 4.78 is 6.51. The van der Waals surface area contributed by atoms with Gasteiger partial charge in [0, 0.05) is 30.3 Å². The summed E-state index contributed by atoms with van der Waals surface area (Å²) >= 11 is 6.12. The van der Waals surface area contributed by atoms with Gasteiger partial charge < -0.3 is 4.74 Å². The smallest absolute Gasteiger partial charge is 0.108 e. The van der Waals surface area contributed by atoms with Gasteiger partial charge in [-0.15, -0.1) is 0 Å². The first-order valence-electron chi connectivity index (χ1n) is 12.0. The lowest BCUT2D eigenvalue weighted by Crippen LogP contribution is -2.42. The van der Waals surface area contributed by atoms with E-state index in [1.807, 2.05) is 12.1 Å². The van der Waals surface area contributed by atoms with Gasteiger partial charge in [0.25, 0.3) is 0 Å². The number of ether oxygens (including phenoxy) is 1. The van der Waals surface area contributed by atoms with Crippen molar-refractivity contribution in [2.75, 3.05) is 6.61 Å². The monoisotopic (exact) mass is 445 g/mol. The van der Waals surface area contributed by atoms with Crippen LogP contribution in [-0.2, 0) is 11.3 Å². The molecule has 0 amide bonds. The molecule has 2 bridgehead atoms. The van der Waals surface area contributed by atoms with E-state index in [0.717, 1.165) is 42.6 Å². The summed E-state index contributed by atoms with van der Waals surface area (Å²) in [7, 11) is 0. The minimum absolute atomic E-state index is 0.0386. The van der Waals surface area contributed by atoms with Gasteiger partial charge in [0.2, 0.25) is 0 Å². The summed E-state index contributed by atoms with van der Waals surface area (Å²) in [4.78, 5) is 2.77. The molecule has 166 valence electrons. The normalized spacial score (nSPS) is 23.8. The lowest BCUT2D eigenvalue weighted by atomic mass is 9.88. The topological polar surface area (TPSA) is 12.5 Å². The van der Waals surface area contributed by atoms with E-state index in [2.05, 4.69) is 77.7 Å². The van der Waals surface area contributed by atoms with E-state index in [1.54, 1.807) is 0 Å². The van der Waals surface area contributed by atoms with Crippen molar-refractivity contribution in [3.8, 4) is 0 Å². The minimum atomic E-state index is -0.0386. The molecule has 2 saturated heterocycles. The molecule has 4 atom stereocenters. The van der Waals surface area contributed by atoms with Crippen LogP contribution in [0.25, 0.3) is 0 Å². The van der Waals surface area contributed by atoms with Crippen LogP contribution in [0.1, 0.15) is 54.9 Å². The Bertz CT molecular complexity index is 961. The second-order valence-electron chi connectivity index (χ2n) is 9.38. The predicted molar refractivity (Wildman–Crippen MR) is 132 cm³/mol. The average molecular weight is 446 g/mol. The Labute approximate surface area is 197 Å². The number of benzene rings is 3. The molecule has 0 saturated carbocycles. The Balaban J connectivity index is 1.19. The zero-order valence-corrected chi connectivity index (χ0v) is 19.3. The van der Waals surface area contributed by atoms with Crippen LogP contribution in [-0.4, -0.2) is 23.6 Å². The van der Waals surface area contributed by atoms with Crippen LogP contribution >= 0.6 is 11.6 Å².